The molecule has 0 saturated carbocycles. The lowest BCUT2D eigenvalue weighted by atomic mass is 10.5. The van der Waals surface area contributed by atoms with Crippen molar-refractivity contribution in [1.82, 2.24) is 0 Å². The van der Waals surface area contributed by atoms with Gasteiger partial charge >= 0.3 is 0 Å². The Balaban J connectivity index is 2.96. The van der Waals surface area contributed by atoms with E-state index in [0.717, 1.165) is 0 Å². The van der Waals surface area contributed by atoms with Crippen LogP contribution in [0, 0.1) is 0 Å². The van der Waals surface area contributed by atoms with E-state index in [2.05, 4.69) is 12.6 Å². The Morgan fingerprint density at radius 2 is 2.50 bits per heavy atom. The molecule has 0 spiro atoms. The van der Waals surface area contributed by atoms with Crippen molar-refractivity contribution in [2.75, 3.05) is 5.75 Å². The van der Waals surface area contributed by atoms with Crippen molar-refractivity contribution in [2.45, 2.75) is 6.10 Å². The minimum Gasteiger partial charge on any atom is -0.385 e. The van der Waals surface area contributed by atoms with Gasteiger partial charge in [0.2, 0.25) is 0 Å². The van der Waals surface area contributed by atoms with Gasteiger partial charge in [-0.05, 0) is 0 Å². The van der Waals surface area contributed by atoms with Crippen LogP contribution in [0.2, 0.25) is 0 Å². The molecule has 1 atom stereocenters. The van der Waals surface area contributed by atoms with E-state index < -0.39 is 6.10 Å². The van der Waals surface area contributed by atoms with Crippen LogP contribution >= 0.6 is 12.6 Å². The van der Waals surface area contributed by atoms with E-state index in [9.17, 15) is 4.79 Å². The third-order valence-corrected chi connectivity index (χ3v) is 0.718. The van der Waals surface area contributed by atoms with Crippen molar-refractivity contribution >= 4 is 18.9 Å². The largest absolute Gasteiger partial charge is 0.385 e. The number of thiol groups is 1. The fourth-order valence-electron chi connectivity index (χ4n) is 0.0430. The minimum absolute atomic E-state index is 0.212. The summed E-state index contributed by atoms with van der Waals surface area (Å²) in [5.41, 5.74) is 0. The van der Waals surface area contributed by atoms with Crippen molar-refractivity contribution in [3.05, 3.63) is 0 Å². The highest BCUT2D eigenvalue weighted by atomic mass is 32.1. The lowest BCUT2D eigenvalue weighted by molar-refractivity contribution is -0.113. The van der Waals surface area contributed by atoms with Crippen molar-refractivity contribution in [1.29, 1.82) is 0 Å². The van der Waals surface area contributed by atoms with Crippen LogP contribution in [0.25, 0.3) is 0 Å². The number of hydrogen-bond donors (Lipinski definition) is 2. The van der Waals surface area contributed by atoms with Gasteiger partial charge in [0.25, 0.3) is 0 Å². The van der Waals surface area contributed by atoms with Gasteiger partial charge in [0, 0.05) is 5.75 Å². The maximum Gasteiger partial charge on any atom is 0.149 e. The Labute approximate surface area is 41.6 Å². The molecule has 0 aliphatic heterocycles. The highest BCUT2D eigenvalue weighted by molar-refractivity contribution is 7.80. The average molecular weight is 106 g/mol. The fourth-order valence-corrected chi connectivity index (χ4v) is 0.129. The zero-order valence-corrected chi connectivity index (χ0v) is 4.06. The Morgan fingerprint density at radius 3 is 2.50 bits per heavy atom. The molecule has 3 heteroatoms. The molecule has 0 heterocycles. The van der Waals surface area contributed by atoms with E-state index in [0.29, 0.717) is 6.29 Å². The van der Waals surface area contributed by atoms with Gasteiger partial charge in [-0.25, -0.2) is 0 Å². The summed E-state index contributed by atoms with van der Waals surface area (Å²) in [6.07, 6.45) is -0.430. The maximum atomic E-state index is 9.44. The molecule has 0 unspecified atom stereocenters. The Hall–Kier alpha value is -0.0200. The van der Waals surface area contributed by atoms with Crippen molar-refractivity contribution in [3.63, 3.8) is 0 Å². The summed E-state index contributed by atoms with van der Waals surface area (Å²) in [6.45, 7) is 0. The van der Waals surface area contributed by atoms with Gasteiger partial charge in [-0.3, -0.25) is 0 Å². The van der Waals surface area contributed by atoms with Crippen LogP contribution in [0.4, 0.5) is 0 Å². The first-order valence-electron chi connectivity index (χ1n) is 1.55. The fraction of sp³-hybridized carbons (Fsp3) is 0.667. The molecule has 0 aliphatic rings. The van der Waals surface area contributed by atoms with Crippen LogP contribution in [-0.2, 0) is 4.79 Å². The zero-order valence-electron chi connectivity index (χ0n) is 3.16. The van der Waals surface area contributed by atoms with Gasteiger partial charge in [-0.15, -0.1) is 0 Å². The van der Waals surface area contributed by atoms with Crippen LogP contribution < -0.4 is 0 Å². The second-order valence-electron chi connectivity index (χ2n) is 0.886. The first kappa shape index (κ1) is 5.98. The molecular weight excluding hydrogens is 100 g/mol. The number of carbonyl (C=O) groups is 1. The van der Waals surface area contributed by atoms with E-state index in [1.807, 2.05) is 0 Å². The number of rotatable bonds is 2. The summed E-state index contributed by atoms with van der Waals surface area (Å²) in [5.74, 6) is 0.212. The lowest BCUT2D eigenvalue weighted by Gasteiger charge is -1.88. The molecule has 2 nitrogen and oxygen atoms in total. The number of carbonyl (C=O) groups excluding carboxylic acids is 1. The molecule has 0 amide bonds. The van der Waals surface area contributed by atoms with Crippen molar-refractivity contribution < 1.29 is 9.90 Å². The van der Waals surface area contributed by atoms with E-state index in [-0.39, 0.29) is 5.75 Å². The summed E-state index contributed by atoms with van der Waals surface area (Å²) in [5, 5.41) is 8.22. The summed E-state index contributed by atoms with van der Waals surface area (Å²) < 4.78 is 0. The molecule has 6 heavy (non-hydrogen) atoms. The van der Waals surface area contributed by atoms with E-state index in [4.69, 9.17) is 5.11 Å². The van der Waals surface area contributed by atoms with Crippen LogP contribution in [0.3, 0.4) is 0 Å². The van der Waals surface area contributed by atoms with Crippen molar-refractivity contribution in [2.24, 2.45) is 0 Å². The SMILES string of the molecule is O=C[C@@H](O)CS. The normalized spacial score (nSPS) is 13.7. The number of aliphatic hydroxyl groups excluding tert-OH is 1. The van der Waals surface area contributed by atoms with Crippen LogP contribution in [-0.4, -0.2) is 23.2 Å². The molecule has 36 valence electrons. The summed E-state index contributed by atoms with van der Waals surface area (Å²) >= 11 is 3.61. The Bertz CT molecular complexity index is 46.1. The second kappa shape index (κ2) is 3.18. The molecule has 0 radical (unpaired) electrons. The van der Waals surface area contributed by atoms with Crippen molar-refractivity contribution in [3.8, 4) is 0 Å². The van der Waals surface area contributed by atoms with Crippen LogP contribution in [0.1, 0.15) is 0 Å². The molecule has 0 aliphatic carbocycles. The highest BCUT2D eigenvalue weighted by Crippen LogP contribution is 1.77. The van der Waals surface area contributed by atoms with Gasteiger partial charge in [0.15, 0.2) is 0 Å². The molecule has 0 aromatic carbocycles. The molecule has 0 bridgehead atoms. The van der Waals surface area contributed by atoms with Gasteiger partial charge in [-0.1, -0.05) is 0 Å². The second-order valence-corrected chi connectivity index (χ2v) is 1.25. The first-order chi connectivity index (χ1) is 2.81. The Kier molecular flexibility index (Phi) is 3.17. The smallest absolute Gasteiger partial charge is 0.149 e. The predicted octanol–water partition coefficient (Wildman–Crippen LogP) is -0.524. The Morgan fingerprint density at radius 1 is 2.00 bits per heavy atom. The number of hydrogen-bond acceptors (Lipinski definition) is 3. The molecule has 0 aromatic heterocycles. The lowest BCUT2D eigenvalue weighted by Crippen LogP contribution is -2.08. The first-order valence-corrected chi connectivity index (χ1v) is 2.18. The van der Waals surface area contributed by atoms with Gasteiger partial charge in [-0.2, -0.15) is 12.6 Å². The highest BCUT2D eigenvalue weighted by Gasteiger charge is 1.91. The van der Waals surface area contributed by atoms with Gasteiger partial charge in [0.05, 0.1) is 0 Å². The summed E-state index contributed by atoms with van der Waals surface area (Å²) in [6, 6.07) is 0. The van der Waals surface area contributed by atoms with Crippen LogP contribution in [0.5, 0.6) is 0 Å². The summed E-state index contributed by atoms with van der Waals surface area (Å²) in [7, 11) is 0. The van der Waals surface area contributed by atoms with Gasteiger partial charge < -0.3 is 9.90 Å². The maximum absolute atomic E-state index is 9.44. The third kappa shape index (κ3) is 2.23. The monoisotopic (exact) mass is 106 g/mol. The van der Waals surface area contributed by atoms with E-state index in [1.165, 1.54) is 0 Å². The average Bonchev–Trinajstić information content (AvgIpc) is 1.65. The molecule has 0 rings (SSSR count). The zero-order chi connectivity index (χ0) is 4.99. The molecule has 0 saturated heterocycles. The molecular formula is C3H6O2S. The molecule has 1 N–H and O–H groups in total. The van der Waals surface area contributed by atoms with E-state index in [1.54, 1.807) is 0 Å². The van der Waals surface area contributed by atoms with Gasteiger partial charge in [0.1, 0.15) is 12.4 Å². The standard InChI is InChI=1S/C3H6O2S/c4-1-3(5)2-6/h1,3,5-6H,2H2/t3-/m1/s1. The molecule has 0 fully saturated rings. The van der Waals surface area contributed by atoms with Crippen LogP contribution in [0.15, 0.2) is 0 Å². The van der Waals surface area contributed by atoms with E-state index >= 15 is 0 Å². The number of aliphatic hydroxyl groups is 1. The minimum atomic E-state index is -0.881. The number of aldehydes is 1. The summed E-state index contributed by atoms with van der Waals surface area (Å²) in [4.78, 5) is 9.44. The molecule has 0 aromatic rings. The quantitative estimate of drug-likeness (QED) is 0.367. The predicted molar refractivity (Wildman–Crippen MR) is 25.9 cm³/mol. The topological polar surface area (TPSA) is 37.3 Å². The third-order valence-electron chi connectivity index (χ3n) is 0.344.